The molecule has 0 radical (unpaired) electrons. The molecule has 28 heavy (non-hydrogen) atoms. The Bertz CT molecular complexity index is 669. The first-order valence-corrected chi connectivity index (χ1v) is 10.2. The summed E-state index contributed by atoms with van der Waals surface area (Å²) in [7, 11) is 0. The second-order valence-corrected chi connectivity index (χ2v) is 8.12. The van der Waals surface area contributed by atoms with Crippen LogP contribution in [0.1, 0.15) is 32.8 Å². The Morgan fingerprint density at radius 1 is 1.14 bits per heavy atom. The summed E-state index contributed by atoms with van der Waals surface area (Å²) in [6.45, 7) is 12.0. The van der Waals surface area contributed by atoms with Crippen LogP contribution in [0.15, 0.2) is 18.2 Å². The maximum absolute atomic E-state index is 14.6. The second kappa shape index (κ2) is 9.09. The van der Waals surface area contributed by atoms with E-state index in [9.17, 15) is 9.18 Å². The summed E-state index contributed by atoms with van der Waals surface area (Å²) in [4.78, 5) is 18.4. The number of piperazine rings is 1. The highest BCUT2D eigenvalue weighted by atomic mass is 19.1. The highest BCUT2D eigenvalue weighted by Gasteiger charge is 2.27. The quantitative estimate of drug-likeness (QED) is 0.769. The van der Waals surface area contributed by atoms with E-state index in [1.807, 2.05) is 32.9 Å². The number of rotatable bonds is 5. The standard InChI is InChI=1S/C21H32FN3O3/c1-4-21(2,3)28-20(26)25-9-7-23(8-10-25)16-17-5-6-18(15-19(17)22)24-11-13-27-14-12-24/h5-6,15H,4,7-14,16H2,1-3H3. The summed E-state index contributed by atoms with van der Waals surface area (Å²) in [5.74, 6) is -0.171. The number of carbonyl (C=O) groups is 1. The van der Waals surface area contributed by atoms with Crippen molar-refractivity contribution < 1.29 is 18.7 Å². The maximum atomic E-state index is 14.6. The molecular weight excluding hydrogens is 361 g/mol. The lowest BCUT2D eigenvalue weighted by atomic mass is 10.1. The molecule has 3 rings (SSSR count). The van der Waals surface area contributed by atoms with E-state index in [1.165, 1.54) is 0 Å². The zero-order valence-electron chi connectivity index (χ0n) is 17.2. The second-order valence-electron chi connectivity index (χ2n) is 8.12. The van der Waals surface area contributed by atoms with E-state index in [0.717, 1.165) is 25.2 Å². The molecule has 2 saturated heterocycles. The Labute approximate surface area is 167 Å². The first kappa shape index (κ1) is 20.9. The molecule has 2 heterocycles. The van der Waals surface area contributed by atoms with Gasteiger partial charge in [-0.1, -0.05) is 13.0 Å². The molecule has 0 saturated carbocycles. The molecule has 1 amide bonds. The molecule has 0 unspecified atom stereocenters. The zero-order valence-corrected chi connectivity index (χ0v) is 17.2. The van der Waals surface area contributed by atoms with Crippen LogP contribution >= 0.6 is 0 Å². The molecule has 0 atom stereocenters. The summed E-state index contributed by atoms with van der Waals surface area (Å²) in [6, 6.07) is 5.50. The van der Waals surface area contributed by atoms with Gasteiger partial charge in [-0.25, -0.2) is 9.18 Å². The van der Waals surface area contributed by atoms with Crippen molar-refractivity contribution in [3.05, 3.63) is 29.6 Å². The largest absolute Gasteiger partial charge is 0.443 e. The summed E-state index contributed by atoms with van der Waals surface area (Å²) in [5, 5.41) is 0. The Morgan fingerprint density at radius 2 is 1.82 bits per heavy atom. The molecule has 7 heteroatoms. The summed E-state index contributed by atoms with van der Waals surface area (Å²) >= 11 is 0. The maximum Gasteiger partial charge on any atom is 0.410 e. The van der Waals surface area contributed by atoms with Crippen LogP contribution in [0.2, 0.25) is 0 Å². The number of amides is 1. The Morgan fingerprint density at radius 3 is 2.43 bits per heavy atom. The van der Waals surface area contributed by atoms with E-state index in [-0.39, 0.29) is 11.9 Å². The lowest BCUT2D eigenvalue weighted by Crippen LogP contribution is -2.49. The summed E-state index contributed by atoms with van der Waals surface area (Å²) < 4.78 is 25.5. The van der Waals surface area contributed by atoms with Gasteiger partial charge in [0.05, 0.1) is 13.2 Å². The van der Waals surface area contributed by atoms with Crippen LogP contribution in [0.3, 0.4) is 0 Å². The van der Waals surface area contributed by atoms with Crippen molar-refractivity contribution in [1.82, 2.24) is 9.80 Å². The van der Waals surface area contributed by atoms with Gasteiger partial charge in [0.25, 0.3) is 0 Å². The van der Waals surface area contributed by atoms with Gasteiger partial charge in [-0.2, -0.15) is 0 Å². The van der Waals surface area contributed by atoms with Gasteiger partial charge in [-0.05, 0) is 32.4 Å². The van der Waals surface area contributed by atoms with Gasteiger partial charge in [0, 0.05) is 57.1 Å². The van der Waals surface area contributed by atoms with Crippen LogP contribution in [-0.4, -0.2) is 74.0 Å². The normalized spacial score (nSPS) is 19.0. The molecule has 2 aliphatic heterocycles. The predicted molar refractivity (Wildman–Crippen MR) is 107 cm³/mol. The third-order valence-electron chi connectivity index (χ3n) is 5.65. The summed E-state index contributed by atoms with van der Waals surface area (Å²) in [6.07, 6.45) is 0.519. The van der Waals surface area contributed by atoms with Crippen LogP contribution in [0.4, 0.5) is 14.9 Å². The lowest BCUT2D eigenvalue weighted by Gasteiger charge is -2.36. The van der Waals surface area contributed by atoms with Crippen LogP contribution in [0.5, 0.6) is 0 Å². The first-order valence-electron chi connectivity index (χ1n) is 10.2. The van der Waals surface area contributed by atoms with Crippen molar-refractivity contribution in [2.45, 2.75) is 39.3 Å². The number of benzene rings is 1. The monoisotopic (exact) mass is 393 g/mol. The Balaban J connectivity index is 1.51. The van der Waals surface area contributed by atoms with Gasteiger partial charge in [-0.3, -0.25) is 4.90 Å². The first-order chi connectivity index (χ1) is 13.4. The highest BCUT2D eigenvalue weighted by molar-refractivity contribution is 5.68. The molecule has 0 bridgehead atoms. The van der Waals surface area contributed by atoms with Crippen LogP contribution in [0.25, 0.3) is 0 Å². The van der Waals surface area contributed by atoms with Crippen LogP contribution in [0, 0.1) is 5.82 Å². The molecule has 156 valence electrons. The Kier molecular flexibility index (Phi) is 6.78. The minimum Gasteiger partial charge on any atom is -0.443 e. The van der Waals surface area contributed by atoms with Gasteiger partial charge in [0.2, 0.25) is 0 Å². The molecule has 2 fully saturated rings. The van der Waals surface area contributed by atoms with Crippen molar-refractivity contribution in [3.63, 3.8) is 0 Å². The molecule has 0 spiro atoms. The molecule has 1 aromatic carbocycles. The van der Waals surface area contributed by atoms with Gasteiger partial charge in [-0.15, -0.1) is 0 Å². The molecular formula is C21H32FN3O3. The number of carbonyl (C=O) groups excluding carboxylic acids is 1. The minimum absolute atomic E-state index is 0.171. The number of ether oxygens (including phenoxy) is 2. The van der Waals surface area contributed by atoms with E-state index < -0.39 is 5.60 Å². The molecule has 6 nitrogen and oxygen atoms in total. The van der Waals surface area contributed by atoms with Crippen LogP contribution < -0.4 is 4.90 Å². The summed E-state index contributed by atoms with van der Waals surface area (Å²) in [5.41, 5.74) is 1.16. The van der Waals surface area contributed by atoms with Gasteiger partial charge < -0.3 is 19.3 Å². The molecule has 1 aromatic rings. The van der Waals surface area contributed by atoms with Gasteiger partial charge in [0.1, 0.15) is 11.4 Å². The van der Waals surface area contributed by atoms with Gasteiger partial charge >= 0.3 is 6.09 Å². The fraction of sp³-hybridized carbons (Fsp3) is 0.667. The molecule has 0 N–H and O–H groups in total. The molecule has 0 aliphatic carbocycles. The van der Waals surface area contributed by atoms with Crippen molar-refractivity contribution >= 4 is 11.8 Å². The van der Waals surface area contributed by atoms with Gasteiger partial charge in [0.15, 0.2) is 0 Å². The van der Waals surface area contributed by atoms with Crippen molar-refractivity contribution in [3.8, 4) is 0 Å². The average Bonchev–Trinajstić information content (AvgIpc) is 2.70. The number of hydrogen-bond acceptors (Lipinski definition) is 5. The number of halogens is 1. The third-order valence-corrected chi connectivity index (χ3v) is 5.65. The number of hydrogen-bond donors (Lipinski definition) is 0. The fourth-order valence-electron chi connectivity index (χ4n) is 3.39. The molecule has 2 aliphatic rings. The number of anilines is 1. The molecule has 0 aromatic heterocycles. The Hall–Kier alpha value is -1.86. The van der Waals surface area contributed by atoms with Crippen molar-refractivity contribution in [2.75, 3.05) is 57.4 Å². The predicted octanol–water partition coefficient (Wildman–Crippen LogP) is 3.11. The van der Waals surface area contributed by atoms with E-state index in [2.05, 4.69) is 9.80 Å². The van der Waals surface area contributed by atoms with E-state index in [1.54, 1.807) is 11.0 Å². The number of morpholine rings is 1. The van der Waals surface area contributed by atoms with Crippen molar-refractivity contribution in [1.29, 1.82) is 0 Å². The topological polar surface area (TPSA) is 45.2 Å². The highest BCUT2D eigenvalue weighted by Crippen LogP contribution is 2.22. The SMILES string of the molecule is CCC(C)(C)OC(=O)N1CCN(Cc2ccc(N3CCOCC3)cc2F)CC1. The number of nitrogens with zero attached hydrogens (tertiary/aromatic N) is 3. The smallest absolute Gasteiger partial charge is 0.410 e. The third kappa shape index (κ3) is 5.35. The van der Waals surface area contributed by atoms with Crippen molar-refractivity contribution in [2.24, 2.45) is 0 Å². The van der Waals surface area contributed by atoms with E-state index in [0.29, 0.717) is 51.5 Å². The fourth-order valence-corrected chi connectivity index (χ4v) is 3.39. The minimum atomic E-state index is -0.445. The van der Waals surface area contributed by atoms with E-state index in [4.69, 9.17) is 9.47 Å². The lowest BCUT2D eigenvalue weighted by molar-refractivity contribution is 0.00205. The van der Waals surface area contributed by atoms with E-state index >= 15 is 0 Å². The van der Waals surface area contributed by atoms with Crippen LogP contribution in [-0.2, 0) is 16.0 Å². The average molecular weight is 394 g/mol. The zero-order chi connectivity index (χ0) is 20.1.